The first kappa shape index (κ1) is 26.7. The second-order valence-corrected chi connectivity index (χ2v) is 6.46. The molecule has 0 rings (SSSR count). The van der Waals surface area contributed by atoms with Gasteiger partial charge in [-0.3, -0.25) is 19.2 Å². The number of likely N-dealkylation sites (N-methyl/N-ethyl adjacent to an activating group) is 1. The minimum absolute atomic E-state index is 0.0921. The summed E-state index contributed by atoms with van der Waals surface area (Å²) < 4.78 is 4.91. The van der Waals surface area contributed by atoms with Crippen molar-refractivity contribution >= 4 is 34.7 Å². The Balaban J connectivity index is 0. The van der Waals surface area contributed by atoms with Crippen LogP contribution >= 0.6 is 11.8 Å². The molecule has 2 amide bonds. The molecule has 0 saturated heterocycles. The van der Waals surface area contributed by atoms with Crippen molar-refractivity contribution < 1.29 is 23.9 Å². The van der Waals surface area contributed by atoms with Crippen LogP contribution in [0.25, 0.3) is 0 Å². The third-order valence-corrected chi connectivity index (χ3v) is 4.06. The van der Waals surface area contributed by atoms with Gasteiger partial charge in [0.25, 0.3) is 0 Å². The Kier molecular flexibility index (Phi) is 16.1. The topological polar surface area (TPSA) is 92.8 Å². The van der Waals surface area contributed by atoms with Gasteiger partial charge in [0.1, 0.15) is 12.5 Å². The maximum atomic E-state index is 12.4. The van der Waals surface area contributed by atoms with Gasteiger partial charge in [-0.1, -0.05) is 32.5 Å². The lowest BCUT2D eigenvalue weighted by atomic mass is 10.2. The molecule has 0 spiro atoms. The largest absolute Gasteiger partial charge is 0.463 e. The quantitative estimate of drug-likeness (QED) is 0.455. The molecular formula is C18H34N2O5S. The molecule has 1 unspecified atom stereocenters. The predicted molar refractivity (Wildman–Crippen MR) is 105 cm³/mol. The monoisotopic (exact) mass is 390 g/mol. The van der Waals surface area contributed by atoms with Crippen molar-refractivity contribution in [1.29, 1.82) is 0 Å². The van der Waals surface area contributed by atoms with E-state index in [1.54, 1.807) is 25.7 Å². The average molecular weight is 391 g/mol. The summed E-state index contributed by atoms with van der Waals surface area (Å²) in [7, 11) is 0. The van der Waals surface area contributed by atoms with Gasteiger partial charge in [0.05, 0.1) is 6.10 Å². The Morgan fingerprint density at radius 2 is 1.58 bits per heavy atom. The van der Waals surface area contributed by atoms with Crippen molar-refractivity contribution in [1.82, 2.24) is 10.2 Å². The molecule has 26 heavy (non-hydrogen) atoms. The smallest absolute Gasteiger partial charge is 0.314 e. The van der Waals surface area contributed by atoms with E-state index in [-0.39, 0.29) is 41.6 Å². The first-order valence-corrected chi connectivity index (χ1v) is 10.2. The van der Waals surface area contributed by atoms with E-state index >= 15 is 0 Å². The Bertz CT molecular complexity index is 451. The molecule has 0 aliphatic rings. The minimum Gasteiger partial charge on any atom is -0.463 e. The molecule has 0 bridgehead atoms. The SMILES string of the molecule is CC.CCC(=O)NC(CSC(=O)CC(=O)OC(C)C)C(=O)N(CC)CC. The van der Waals surface area contributed by atoms with Crippen molar-refractivity contribution in [3.63, 3.8) is 0 Å². The minimum atomic E-state index is -0.785. The number of carbonyl (C=O) groups excluding carboxylic acids is 4. The van der Waals surface area contributed by atoms with Crippen LogP contribution in [0.4, 0.5) is 0 Å². The molecule has 0 aliphatic carbocycles. The second kappa shape index (κ2) is 15.7. The number of rotatable bonds is 10. The zero-order chi connectivity index (χ0) is 20.7. The van der Waals surface area contributed by atoms with Crippen LogP contribution in [0.5, 0.6) is 0 Å². The Morgan fingerprint density at radius 3 is 2.00 bits per heavy atom. The molecule has 0 saturated carbocycles. The molecule has 7 nitrogen and oxygen atoms in total. The number of nitrogens with one attached hydrogen (secondary N) is 1. The summed E-state index contributed by atoms with van der Waals surface area (Å²) in [6.45, 7) is 13.8. The molecule has 0 aromatic heterocycles. The van der Waals surface area contributed by atoms with Gasteiger partial charge in [-0.15, -0.1) is 0 Å². The Labute approximate surface area is 161 Å². The average Bonchev–Trinajstić information content (AvgIpc) is 2.60. The number of nitrogens with zero attached hydrogens (tertiary/aromatic N) is 1. The van der Waals surface area contributed by atoms with Gasteiger partial charge in [0, 0.05) is 25.3 Å². The fourth-order valence-electron chi connectivity index (χ4n) is 1.88. The number of ether oxygens (including phenoxy) is 1. The van der Waals surface area contributed by atoms with E-state index in [9.17, 15) is 19.2 Å². The summed E-state index contributed by atoms with van der Waals surface area (Å²) in [6, 6.07) is -0.785. The van der Waals surface area contributed by atoms with E-state index in [4.69, 9.17) is 4.74 Å². The van der Waals surface area contributed by atoms with Gasteiger partial charge in [-0.25, -0.2) is 0 Å². The van der Waals surface area contributed by atoms with Gasteiger partial charge in [0.15, 0.2) is 5.12 Å². The highest BCUT2D eigenvalue weighted by molar-refractivity contribution is 8.13. The number of thioether (sulfide) groups is 1. The van der Waals surface area contributed by atoms with Crippen LogP contribution in [0.15, 0.2) is 0 Å². The van der Waals surface area contributed by atoms with Gasteiger partial charge >= 0.3 is 5.97 Å². The van der Waals surface area contributed by atoms with Crippen molar-refractivity contribution in [3.8, 4) is 0 Å². The number of esters is 1. The van der Waals surface area contributed by atoms with Crippen LogP contribution in [-0.4, -0.2) is 58.8 Å². The molecule has 0 radical (unpaired) electrons. The third kappa shape index (κ3) is 11.9. The zero-order valence-electron chi connectivity index (χ0n) is 17.1. The normalized spacial score (nSPS) is 11.1. The molecule has 0 aromatic carbocycles. The number of hydrogen-bond donors (Lipinski definition) is 1. The molecule has 8 heteroatoms. The lowest BCUT2D eigenvalue weighted by Crippen LogP contribution is -2.50. The summed E-state index contributed by atoms with van der Waals surface area (Å²) in [5, 5.41) is 2.25. The van der Waals surface area contributed by atoms with Gasteiger partial charge in [-0.2, -0.15) is 0 Å². The fraction of sp³-hybridized carbons (Fsp3) is 0.778. The molecule has 1 atom stereocenters. The van der Waals surface area contributed by atoms with Crippen LogP contribution in [0.2, 0.25) is 0 Å². The third-order valence-electron chi connectivity index (χ3n) is 3.10. The zero-order valence-corrected chi connectivity index (χ0v) is 17.9. The van der Waals surface area contributed by atoms with Crippen LogP contribution < -0.4 is 5.32 Å². The van der Waals surface area contributed by atoms with Crippen molar-refractivity contribution in [2.24, 2.45) is 0 Å². The summed E-state index contributed by atoms with van der Waals surface area (Å²) in [4.78, 5) is 49.0. The van der Waals surface area contributed by atoms with E-state index < -0.39 is 12.0 Å². The van der Waals surface area contributed by atoms with Crippen LogP contribution in [0.3, 0.4) is 0 Å². The number of amides is 2. The molecule has 0 heterocycles. The van der Waals surface area contributed by atoms with Crippen molar-refractivity contribution in [3.05, 3.63) is 0 Å². The molecular weight excluding hydrogens is 356 g/mol. The van der Waals surface area contributed by atoms with E-state index in [0.717, 1.165) is 11.8 Å². The van der Waals surface area contributed by atoms with Gasteiger partial charge in [-0.05, 0) is 27.7 Å². The highest BCUT2D eigenvalue weighted by Crippen LogP contribution is 2.11. The Hall–Kier alpha value is -1.57. The maximum Gasteiger partial charge on any atom is 0.314 e. The van der Waals surface area contributed by atoms with Gasteiger partial charge in [0.2, 0.25) is 11.8 Å². The summed E-state index contributed by atoms with van der Waals surface area (Å²) in [5.41, 5.74) is 0. The standard InChI is InChI=1S/C16H28N2O5S.C2H6/c1-6-13(19)17-12(16(22)18(7-2)8-3)10-24-15(21)9-14(20)23-11(4)5;1-2/h11-12H,6-10H2,1-5H3,(H,17,19);1-2H3. The van der Waals surface area contributed by atoms with Crippen molar-refractivity contribution in [2.75, 3.05) is 18.8 Å². The molecule has 0 fully saturated rings. The van der Waals surface area contributed by atoms with Crippen LogP contribution in [0, 0.1) is 0 Å². The molecule has 0 aliphatic heterocycles. The van der Waals surface area contributed by atoms with E-state index in [0.29, 0.717) is 13.1 Å². The summed E-state index contributed by atoms with van der Waals surface area (Å²) >= 11 is 0.857. The molecule has 152 valence electrons. The maximum absolute atomic E-state index is 12.4. The van der Waals surface area contributed by atoms with E-state index in [1.807, 2.05) is 27.7 Å². The highest BCUT2D eigenvalue weighted by atomic mass is 32.2. The molecule has 1 N–H and O–H groups in total. The summed E-state index contributed by atoms with van der Waals surface area (Å²) in [6.07, 6.45) is -0.380. The van der Waals surface area contributed by atoms with Crippen LogP contribution in [0.1, 0.15) is 61.3 Å². The second-order valence-electron chi connectivity index (χ2n) is 5.38. The fourth-order valence-corrected chi connectivity index (χ4v) is 2.67. The van der Waals surface area contributed by atoms with E-state index in [1.165, 1.54) is 0 Å². The lowest BCUT2D eigenvalue weighted by molar-refractivity contribution is -0.148. The van der Waals surface area contributed by atoms with Gasteiger partial charge < -0.3 is 15.0 Å². The van der Waals surface area contributed by atoms with Crippen molar-refractivity contribution in [2.45, 2.75) is 73.5 Å². The highest BCUT2D eigenvalue weighted by Gasteiger charge is 2.25. The van der Waals surface area contributed by atoms with E-state index in [2.05, 4.69) is 5.32 Å². The first-order valence-electron chi connectivity index (χ1n) is 9.18. The molecule has 0 aromatic rings. The number of carbonyl (C=O) groups is 4. The predicted octanol–water partition coefficient (Wildman–Crippen LogP) is 2.38. The Morgan fingerprint density at radius 1 is 1.04 bits per heavy atom. The lowest BCUT2D eigenvalue weighted by Gasteiger charge is -2.25. The number of hydrogen-bond acceptors (Lipinski definition) is 6. The summed E-state index contributed by atoms with van der Waals surface area (Å²) in [5.74, 6) is -0.985. The van der Waals surface area contributed by atoms with Crippen LogP contribution in [-0.2, 0) is 23.9 Å². The first-order chi connectivity index (χ1) is 12.2.